The lowest BCUT2D eigenvalue weighted by atomic mass is 10.2. The van der Waals surface area contributed by atoms with Crippen molar-refractivity contribution in [3.05, 3.63) is 41.8 Å². The van der Waals surface area contributed by atoms with Gasteiger partial charge in [-0.05, 0) is 19.1 Å². The third-order valence-corrected chi connectivity index (χ3v) is 2.39. The van der Waals surface area contributed by atoms with E-state index >= 15 is 0 Å². The van der Waals surface area contributed by atoms with Gasteiger partial charge in [-0.3, -0.25) is 4.79 Å². The smallest absolute Gasteiger partial charge is 0.374 e. The number of amides is 1. The number of carboxylic acid groups (broad SMARTS) is 1. The first-order chi connectivity index (χ1) is 9.61. The summed E-state index contributed by atoms with van der Waals surface area (Å²) in [7, 11) is 0. The van der Waals surface area contributed by atoms with Gasteiger partial charge in [0.2, 0.25) is 5.76 Å². The highest BCUT2D eigenvalue weighted by Crippen LogP contribution is 2.24. The number of anilines is 1. The first-order valence-corrected chi connectivity index (χ1v) is 5.85. The van der Waals surface area contributed by atoms with Crippen LogP contribution in [-0.4, -0.2) is 28.7 Å². The number of hydrogen-bond donors (Lipinski definition) is 2. The largest absolute Gasteiger partial charge is 0.492 e. The lowest BCUT2D eigenvalue weighted by Gasteiger charge is -2.09. The van der Waals surface area contributed by atoms with E-state index in [1.54, 1.807) is 24.3 Å². The molecule has 7 nitrogen and oxygen atoms in total. The predicted molar refractivity (Wildman–Crippen MR) is 69.0 cm³/mol. The fourth-order valence-corrected chi connectivity index (χ4v) is 1.52. The Balaban J connectivity index is 2.16. The van der Waals surface area contributed by atoms with Crippen LogP contribution in [0, 0.1) is 0 Å². The molecule has 0 aliphatic heterocycles. The van der Waals surface area contributed by atoms with E-state index in [0.29, 0.717) is 18.0 Å². The summed E-state index contributed by atoms with van der Waals surface area (Å²) in [5.74, 6) is -1.74. The second kappa shape index (κ2) is 5.87. The Morgan fingerprint density at radius 1 is 1.40 bits per heavy atom. The number of aromatic nitrogens is 1. The first-order valence-electron chi connectivity index (χ1n) is 5.85. The normalized spacial score (nSPS) is 10.1. The molecule has 0 saturated carbocycles. The summed E-state index contributed by atoms with van der Waals surface area (Å²) in [5.41, 5.74) is 0.355. The minimum atomic E-state index is -1.29. The van der Waals surface area contributed by atoms with E-state index in [-0.39, 0.29) is 5.69 Å². The third kappa shape index (κ3) is 2.94. The molecule has 1 heterocycles. The first kappa shape index (κ1) is 13.6. The summed E-state index contributed by atoms with van der Waals surface area (Å²) >= 11 is 0. The van der Waals surface area contributed by atoms with Crippen LogP contribution >= 0.6 is 0 Å². The number of carbonyl (C=O) groups is 2. The van der Waals surface area contributed by atoms with Gasteiger partial charge in [-0.1, -0.05) is 17.3 Å². The number of ether oxygens (including phenoxy) is 1. The van der Waals surface area contributed by atoms with Crippen molar-refractivity contribution in [2.24, 2.45) is 0 Å². The molecule has 104 valence electrons. The van der Waals surface area contributed by atoms with Crippen molar-refractivity contribution < 1.29 is 24.0 Å². The Hall–Kier alpha value is -2.83. The van der Waals surface area contributed by atoms with E-state index in [4.69, 9.17) is 9.84 Å². The zero-order valence-electron chi connectivity index (χ0n) is 10.6. The van der Waals surface area contributed by atoms with Crippen molar-refractivity contribution in [1.82, 2.24) is 5.16 Å². The van der Waals surface area contributed by atoms with Crippen LogP contribution in [0.2, 0.25) is 0 Å². The second-order valence-corrected chi connectivity index (χ2v) is 3.76. The highest BCUT2D eigenvalue weighted by Gasteiger charge is 2.17. The molecule has 0 unspecified atom stereocenters. The Kier molecular flexibility index (Phi) is 3.99. The average Bonchev–Trinajstić information content (AvgIpc) is 2.91. The Bertz CT molecular complexity index is 635. The van der Waals surface area contributed by atoms with Crippen molar-refractivity contribution in [1.29, 1.82) is 0 Å². The van der Waals surface area contributed by atoms with Crippen molar-refractivity contribution in [3.63, 3.8) is 0 Å². The molecule has 0 aliphatic carbocycles. The van der Waals surface area contributed by atoms with Crippen LogP contribution in [0.25, 0.3) is 0 Å². The minimum Gasteiger partial charge on any atom is -0.492 e. The molecule has 1 amide bonds. The van der Waals surface area contributed by atoms with Gasteiger partial charge in [0.1, 0.15) is 5.75 Å². The summed E-state index contributed by atoms with van der Waals surface area (Å²) < 4.78 is 9.89. The molecule has 2 aromatic rings. The maximum Gasteiger partial charge on any atom is 0.374 e. The van der Waals surface area contributed by atoms with E-state index < -0.39 is 17.6 Å². The molecule has 0 radical (unpaired) electrons. The monoisotopic (exact) mass is 276 g/mol. The average molecular weight is 276 g/mol. The van der Waals surface area contributed by atoms with Gasteiger partial charge in [0.25, 0.3) is 5.91 Å². The van der Waals surface area contributed by atoms with Crippen molar-refractivity contribution in [3.8, 4) is 5.75 Å². The molecule has 0 fully saturated rings. The van der Waals surface area contributed by atoms with Crippen LogP contribution < -0.4 is 10.1 Å². The standard InChI is InChI=1S/C13H12N2O5/c1-2-19-10-6-4-3-5-8(10)14-12(16)9-7-11(13(17)18)20-15-9/h3-7H,2H2,1H3,(H,14,16)(H,17,18). The number of benzene rings is 1. The van der Waals surface area contributed by atoms with Gasteiger partial charge >= 0.3 is 5.97 Å². The number of carbonyl (C=O) groups excluding carboxylic acids is 1. The van der Waals surface area contributed by atoms with Gasteiger partial charge in [-0.2, -0.15) is 0 Å². The molecule has 0 bridgehead atoms. The molecule has 1 aromatic carbocycles. The number of nitrogens with zero attached hydrogens (tertiary/aromatic N) is 1. The zero-order valence-corrected chi connectivity index (χ0v) is 10.6. The molecular weight excluding hydrogens is 264 g/mol. The van der Waals surface area contributed by atoms with E-state index in [2.05, 4.69) is 15.0 Å². The highest BCUT2D eigenvalue weighted by atomic mass is 16.5. The topological polar surface area (TPSA) is 102 Å². The van der Waals surface area contributed by atoms with Gasteiger partial charge in [0.05, 0.1) is 12.3 Å². The second-order valence-electron chi connectivity index (χ2n) is 3.76. The maximum atomic E-state index is 11.9. The zero-order chi connectivity index (χ0) is 14.5. The van der Waals surface area contributed by atoms with Crippen LogP contribution in [0.15, 0.2) is 34.9 Å². The maximum absolute atomic E-state index is 11.9. The van der Waals surface area contributed by atoms with Crippen molar-refractivity contribution in [2.45, 2.75) is 6.92 Å². The lowest BCUT2D eigenvalue weighted by Crippen LogP contribution is -2.13. The number of rotatable bonds is 5. The number of para-hydroxylation sites is 2. The van der Waals surface area contributed by atoms with Gasteiger partial charge in [-0.15, -0.1) is 0 Å². The summed E-state index contributed by atoms with van der Waals surface area (Å²) in [6, 6.07) is 7.95. The Morgan fingerprint density at radius 2 is 2.15 bits per heavy atom. The molecule has 0 atom stereocenters. The van der Waals surface area contributed by atoms with Gasteiger partial charge in [0, 0.05) is 6.07 Å². The Morgan fingerprint density at radius 3 is 2.80 bits per heavy atom. The number of carboxylic acids is 1. The summed E-state index contributed by atoms with van der Waals surface area (Å²) in [5, 5.41) is 14.7. The number of aromatic carboxylic acids is 1. The lowest BCUT2D eigenvalue weighted by molar-refractivity contribution is 0.0651. The van der Waals surface area contributed by atoms with Crippen LogP contribution in [0.1, 0.15) is 28.0 Å². The van der Waals surface area contributed by atoms with Gasteiger partial charge in [-0.25, -0.2) is 4.79 Å². The third-order valence-electron chi connectivity index (χ3n) is 2.39. The van der Waals surface area contributed by atoms with E-state index in [1.807, 2.05) is 6.92 Å². The molecule has 20 heavy (non-hydrogen) atoms. The molecule has 0 aliphatic rings. The molecule has 2 N–H and O–H groups in total. The summed E-state index contributed by atoms with van der Waals surface area (Å²) in [6.45, 7) is 2.29. The van der Waals surface area contributed by atoms with Crippen molar-refractivity contribution in [2.75, 3.05) is 11.9 Å². The fraction of sp³-hybridized carbons (Fsp3) is 0.154. The number of hydrogen-bond acceptors (Lipinski definition) is 5. The van der Waals surface area contributed by atoms with Crippen LogP contribution in [-0.2, 0) is 0 Å². The molecular formula is C13H12N2O5. The summed E-state index contributed by atoms with van der Waals surface area (Å²) in [6.07, 6.45) is 0. The molecule has 0 spiro atoms. The van der Waals surface area contributed by atoms with Crippen LogP contribution in [0.4, 0.5) is 5.69 Å². The van der Waals surface area contributed by atoms with Crippen molar-refractivity contribution >= 4 is 17.6 Å². The van der Waals surface area contributed by atoms with Crippen LogP contribution in [0.3, 0.4) is 0 Å². The molecule has 0 saturated heterocycles. The van der Waals surface area contributed by atoms with E-state index in [9.17, 15) is 9.59 Å². The van der Waals surface area contributed by atoms with Gasteiger partial charge in [0.15, 0.2) is 5.69 Å². The van der Waals surface area contributed by atoms with Crippen LogP contribution in [0.5, 0.6) is 5.75 Å². The molecule has 7 heteroatoms. The van der Waals surface area contributed by atoms with E-state index in [0.717, 1.165) is 6.07 Å². The van der Waals surface area contributed by atoms with Gasteiger partial charge < -0.3 is 19.7 Å². The predicted octanol–water partition coefficient (Wildman–Crippen LogP) is 2.02. The fourth-order valence-electron chi connectivity index (χ4n) is 1.52. The molecule has 2 rings (SSSR count). The Labute approximate surface area is 114 Å². The number of nitrogens with one attached hydrogen (secondary N) is 1. The quantitative estimate of drug-likeness (QED) is 0.866. The minimum absolute atomic E-state index is 0.117. The summed E-state index contributed by atoms with van der Waals surface area (Å²) in [4.78, 5) is 22.6. The van der Waals surface area contributed by atoms with E-state index in [1.165, 1.54) is 0 Å². The highest BCUT2D eigenvalue weighted by molar-refractivity contribution is 6.04. The SMILES string of the molecule is CCOc1ccccc1NC(=O)c1cc(C(=O)O)on1. The molecule has 1 aromatic heterocycles.